The van der Waals surface area contributed by atoms with Crippen molar-refractivity contribution in [3.05, 3.63) is 17.0 Å². The lowest BCUT2D eigenvalue weighted by Crippen LogP contribution is -2.44. The smallest absolute Gasteiger partial charge is 0.158 e. The Morgan fingerprint density at radius 1 is 1.37 bits per heavy atom. The standard InChI is InChI=1S/C13H23ClN4O/c1-6-19-8-12-16-10(14)7-11(17-12)15-9-13(2,3)18(4)5/h7H,6,8-9H2,1-5H3,(H,15,16,17). The third kappa shape index (κ3) is 5.30. The first kappa shape index (κ1) is 16.1. The number of aromatic nitrogens is 2. The highest BCUT2D eigenvalue weighted by molar-refractivity contribution is 6.29. The zero-order valence-electron chi connectivity index (χ0n) is 12.3. The number of anilines is 1. The van der Waals surface area contributed by atoms with Crippen LogP contribution in [0.4, 0.5) is 5.82 Å². The molecule has 19 heavy (non-hydrogen) atoms. The van der Waals surface area contributed by atoms with Crippen LogP contribution in [0.15, 0.2) is 6.07 Å². The molecule has 1 N–H and O–H groups in total. The Balaban J connectivity index is 2.70. The van der Waals surface area contributed by atoms with Crippen LogP contribution in [0, 0.1) is 0 Å². The lowest BCUT2D eigenvalue weighted by Gasteiger charge is -2.32. The third-order valence-corrected chi connectivity index (χ3v) is 3.28. The van der Waals surface area contributed by atoms with Crippen molar-refractivity contribution in [1.82, 2.24) is 14.9 Å². The van der Waals surface area contributed by atoms with Gasteiger partial charge in [0, 0.05) is 24.8 Å². The first-order valence-corrected chi connectivity index (χ1v) is 6.75. The third-order valence-electron chi connectivity index (χ3n) is 3.09. The molecule has 1 aromatic heterocycles. The molecule has 1 rings (SSSR count). The van der Waals surface area contributed by atoms with Gasteiger partial charge in [-0.3, -0.25) is 0 Å². The quantitative estimate of drug-likeness (QED) is 0.780. The maximum atomic E-state index is 5.98. The van der Waals surface area contributed by atoms with Gasteiger partial charge in [0.2, 0.25) is 0 Å². The average Bonchev–Trinajstić information content (AvgIpc) is 2.33. The van der Waals surface area contributed by atoms with Crippen molar-refractivity contribution < 1.29 is 4.74 Å². The van der Waals surface area contributed by atoms with Crippen LogP contribution in [-0.2, 0) is 11.3 Å². The van der Waals surface area contributed by atoms with Crippen LogP contribution in [0.2, 0.25) is 5.15 Å². The molecule has 0 radical (unpaired) electrons. The van der Waals surface area contributed by atoms with Crippen LogP contribution in [0.3, 0.4) is 0 Å². The van der Waals surface area contributed by atoms with Crippen LogP contribution < -0.4 is 5.32 Å². The van der Waals surface area contributed by atoms with Crippen LogP contribution in [-0.4, -0.2) is 47.7 Å². The highest BCUT2D eigenvalue weighted by atomic mass is 35.5. The fourth-order valence-corrected chi connectivity index (χ4v) is 1.48. The summed E-state index contributed by atoms with van der Waals surface area (Å²) < 4.78 is 5.29. The molecule has 108 valence electrons. The number of ether oxygens (including phenoxy) is 1. The number of hydrogen-bond donors (Lipinski definition) is 1. The zero-order valence-corrected chi connectivity index (χ0v) is 13.1. The predicted molar refractivity (Wildman–Crippen MR) is 78.6 cm³/mol. The summed E-state index contributed by atoms with van der Waals surface area (Å²) in [7, 11) is 4.10. The predicted octanol–water partition coefficient (Wildman–Crippen LogP) is 2.42. The molecule has 0 aliphatic carbocycles. The van der Waals surface area contributed by atoms with Gasteiger partial charge in [-0.1, -0.05) is 11.6 Å². The average molecular weight is 287 g/mol. The van der Waals surface area contributed by atoms with Crippen LogP contribution in [0.25, 0.3) is 0 Å². The van der Waals surface area contributed by atoms with E-state index < -0.39 is 0 Å². The van der Waals surface area contributed by atoms with Gasteiger partial charge in [-0.15, -0.1) is 0 Å². The van der Waals surface area contributed by atoms with Crippen molar-refractivity contribution in [3.63, 3.8) is 0 Å². The van der Waals surface area contributed by atoms with Gasteiger partial charge < -0.3 is 15.0 Å². The minimum absolute atomic E-state index is 0.0253. The van der Waals surface area contributed by atoms with Crippen molar-refractivity contribution in [3.8, 4) is 0 Å². The summed E-state index contributed by atoms with van der Waals surface area (Å²) in [6, 6.07) is 1.72. The lowest BCUT2D eigenvalue weighted by molar-refractivity contribution is 0.128. The topological polar surface area (TPSA) is 50.3 Å². The Hall–Kier alpha value is -0.910. The van der Waals surface area contributed by atoms with Crippen molar-refractivity contribution in [2.24, 2.45) is 0 Å². The zero-order chi connectivity index (χ0) is 14.5. The Kier molecular flexibility index (Phi) is 5.97. The fraction of sp³-hybridized carbons (Fsp3) is 0.692. The van der Waals surface area contributed by atoms with Gasteiger partial charge in [0.05, 0.1) is 0 Å². The number of rotatable bonds is 7. The molecule has 5 nitrogen and oxygen atoms in total. The van der Waals surface area contributed by atoms with E-state index in [9.17, 15) is 0 Å². The molecule has 0 unspecified atom stereocenters. The maximum absolute atomic E-state index is 5.98. The second-order valence-electron chi connectivity index (χ2n) is 5.19. The molecule has 0 amide bonds. The van der Waals surface area contributed by atoms with Crippen molar-refractivity contribution >= 4 is 17.4 Å². The molecule has 1 aromatic rings. The molecule has 6 heteroatoms. The summed E-state index contributed by atoms with van der Waals surface area (Å²) in [5, 5.41) is 3.72. The second-order valence-corrected chi connectivity index (χ2v) is 5.58. The van der Waals surface area contributed by atoms with E-state index in [1.54, 1.807) is 6.07 Å². The summed E-state index contributed by atoms with van der Waals surface area (Å²) in [6.07, 6.45) is 0. The van der Waals surface area contributed by atoms with Crippen molar-refractivity contribution in [2.45, 2.75) is 32.9 Å². The molecule has 0 aliphatic rings. The van der Waals surface area contributed by atoms with Gasteiger partial charge in [0.25, 0.3) is 0 Å². The Bertz CT molecular complexity index is 410. The van der Waals surface area contributed by atoms with Gasteiger partial charge in [-0.2, -0.15) is 0 Å². The molecule has 0 spiro atoms. The van der Waals surface area contributed by atoms with Crippen molar-refractivity contribution in [1.29, 1.82) is 0 Å². The van der Waals surface area contributed by atoms with Crippen molar-refractivity contribution in [2.75, 3.05) is 32.6 Å². The van der Waals surface area contributed by atoms with Crippen LogP contribution in [0.5, 0.6) is 0 Å². The van der Waals surface area contributed by atoms with Gasteiger partial charge in [-0.25, -0.2) is 9.97 Å². The number of nitrogens with one attached hydrogen (secondary N) is 1. The fourth-order valence-electron chi connectivity index (χ4n) is 1.28. The largest absolute Gasteiger partial charge is 0.374 e. The van der Waals surface area contributed by atoms with E-state index in [1.165, 1.54) is 0 Å². The summed E-state index contributed by atoms with van der Waals surface area (Å²) >= 11 is 5.98. The van der Waals surface area contributed by atoms with Gasteiger partial charge in [0.1, 0.15) is 17.6 Å². The van der Waals surface area contributed by atoms with E-state index >= 15 is 0 Å². The second kappa shape index (κ2) is 7.03. The molecule has 0 saturated heterocycles. The highest BCUT2D eigenvalue weighted by Gasteiger charge is 2.20. The molecule has 0 saturated carbocycles. The van der Waals surface area contributed by atoms with E-state index in [2.05, 4.69) is 48.1 Å². The Morgan fingerprint density at radius 2 is 2.05 bits per heavy atom. The molecule has 0 aliphatic heterocycles. The van der Waals surface area contributed by atoms with E-state index in [-0.39, 0.29) is 5.54 Å². The van der Waals surface area contributed by atoms with E-state index in [4.69, 9.17) is 16.3 Å². The first-order chi connectivity index (χ1) is 8.85. The number of halogens is 1. The Morgan fingerprint density at radius 3 is 2.63 bits per heavy atom. The SMILES string of the molecule is CCOCc1nc(Cl)cc(NCC(C)(C)N(C)C)n1. The normalized spacial score (nSPS) is 11.9. The summed E-state index contributed by atoms with van der Waals surface area (Å²) in [6.45, 7) is 8.02. The maximum Gasteiger partial charge on any atom is 0.158 e. The summed E-state index contributed by atoms with van der Waals surface area (Å²) in [5.74, 6) is 1.32. The van der Waals surface area contributed by atoms with Crippen LogP contribution >= 0.6 is 11.6 Å². The molecule has 0 bridgehead atoms. The molecule has 0 aromatic carbocycles. The number of likely N-dealkylation sites (N-methyl/N-ethyl adjacent to an activating group) is 1. The van der Waals surface area contributed by atoms with E-state index in [0.717, 1.165) is 12.4 Å². The number of hydrogen-bond acceptors (Lipinski definition) is 5. The first-order valence-electron chi connectivity index (χ1n) is 6.37. The minimum Gasteiger partial charge on any atom is -0.374 e. The lowest BCUT2D eigenvalue weighted by atomic mass is 10.0. The summed E-state index contributed by atoms with van der Waals surface area (Å²) in [5.41, 5.74) is 0.0253. The highest BCUT2D eigenvalue weighted by Crippen LogP contribution is 2.15. The molecule has 0 fully saturated rings. The minimum atomic E-state index is 0.0253. The van der Waals surface area contributed by atoms with Gasteiger partial charge >= 0.3 is 0 Å². The number of nitrogens with zero attached hydrogens (tertiary/aromatic N) is 3. The summed E-state index contributed by atoms with van der Waals surface area (Å²) in [4.78, 5) is 10.7. The molecule has 1 heterocycles. The van der Waals surface area contributed by atoms with Gasteiger partial charge in [-0.05, 0) is 34.9 Å². The van der Waals surface area contributed by atoms with E-state index in [0.29, 0.717) is 24.2 Å². The monoisotopic (exact) mass is 286 g/mol. The molecular formula is C13H23ClN4O. The Labute approximate surface area is 120 Å². The molecular weight excluding hydrogens is 264 g/mol. The van der Waals surface area contributed by atoms with Crippen LogP contribution in [0.1, 0.15) is 26.6 Å². The molecule has 0 atom stereocenters. The van der Waals surface area contributed by atoms with Gasteiger partial charge in [0.15, 0.2) is 5.82 Å². The van der Waals surface area contributed by atoms with E-state index in [1.807, 2.05) is 6.92 Å².